The number of nitrogens with one attached hydrogen (secondary N) is 1. The number of carbonyl (C=O) groups is 2. The lowest BCUT2D eigenvalue weighted by molar-refractivity contribution is 0.101. The molecule has 4 heteroatoms. The molecule has 2 unspecified atom stereocenters. The van der Waals surface area contributed by atoms with Crippen LogP contribution < -0.4 is 5.32 Å². The molecule has 1 aromatic carbocycles. The first kappa shape index (κ1) is 14.6. The van der Waals surface area contributed by atoms with Gasteiger partial charge in [0.2, 0.25) is 0 Å². The highest BCUT2D eigenvalue weighted by molar-refractivity contribution is 5.96. The number of carbonyl (C=O) groups excluding carboxylic acids is 2. The molecule has 1 heterocycles. The largest absolute Gasteiger partial charge is 0.322 e. The molecule has 1 aliphatic heterocycles. The zero-order valence-electron chi connectivity index (χ0n) is 12.3. The molecule has 0 aromatic heterocycles. The van der Waals surface area contributed by atoms with Crippen LogP contribution in [0.2, 0.25) is 0 Å². The maximum atomic E-state index is 12.4. The van der Waals surface area contributed by atoms with Crippen LogP contribution in [0.4, 0.5) is 10.5 Å². The number of Topliss-reactive ketones (excluding diaryl/α,β-unsaturated/α-hetero) is 1. The quantitative estimate of drug-likeness (QED) is 0.836. The van der Waals surface area contributed by atoms with E-state index in [-0.39, 0.29) is 23.9 Å². The van der Waals surface area contributed by atoms with E-state index < -0.39 is 0 Å². The summed E-state index contributed by atoms with van der Waals surface area (Å²) in [5.41, 5.74) is 1.29. The first-order valence-electron chi connectivity index (χ1n) is 7.19. The maximum Gasteiger partial charge on any atom is 0.322 e. The van der Waals surface area contributed by atoms with Crippen molar-refractivity contribution in [2.75, 3.05) is 5.32 Å². The van der Waals surface area contributed by atoms with E-state index in [0.29, 0.717) is 11.3 Å². The van der Waals surface area contributed by atoms with E-state index in [1.165, 1.54) is 13.3 Å². The Morgan fingerprint density at radius 1 is 1.20 bits per heavy atom. The Balaban J connectivity index is 2.10. The van der Waals surface area contributed by atoms with Crippen molar-refractivity contribution in [1.29, 1.82) is 0 Å². The Kier molecular flexibility index (Phi) is 4.42. The van der Waals surface area contributed by atoms with Crippen molar-refractivity contribution < 1.29 is 9.59 Å². The number of anilines is 1. The molecule has 2 atom stereocenters. The van der Waals surface area contributed by atoms with Gasteiger partial charge in [-0.05, 0) is 52.2 Å². The molecule has 0 radical (unpaired) electrons. The Bertz CT molecular complexity index is 503. The molecule has 0 aliphatic carbocycles. The minimum absolute atomic E-state index is 0.000748. The summed E-state index contributed by atoms with van der Waals surface area (Å²) < 4.78 is 0. The molecule has 20 heavy (non-hydrogen) atoms. The normalized spacial score (nSPS) is 22.4. The standard InChI is InChI=1S/C16H22N2O2/c1-11-6-4-7-12(2)18(11)16(20)17-15-9-5-8-14(10-15)13(3)19/h5,8-12H,4,6-7H2,1-3H3,(H,17,20). The fourth-order valence-electron chi connectivity index (χ4n) is 2.83. The van der Waals surface area contributed by atoms with Gasteiger partial charge in [-0.25, -0.2) is 4.79 Å². The average Bonchev–Trinajstić information content (AvgIpc) is 2.38. The van der Waals surface area contributed by atoms with Crippen LogP contribution in [0, 0.1) is 0 Å². The van der Waals surface area contributed by atoms with Gasteiger partial charge < -0.3 is 10.2 Å². The summed E-state index contributed by atoms with van der Waals surface area (Å²) in [6, 6.07) is 7.51. The average molecular weight is 274 g/mol. The van der Waals surface area contributed by atoms with Crippen molar-refractivity contribution in [1.82, 2.24) is 4.90 Å². The molecule has 108 valence electrons. The van der Waals surface area contributed by atoms with Crippen LogP contribution in [0.5, 0.6) is 0 Å². The van der Waals surface area contributed by atoms with E-state index in [2.05, 4.69) is 19.2 Å². The second-order valence-electron chi connectivity index (χ2n) is 5.60. The minimum atomic E-state index is -0.0783. The Hall–Kier alpha value is -1.84. The number of piperidine rings is 1. The zero-order chi connectivity index (χ0) is 14.7. The minimum Gasteiger partial charge on any atom is -0.319 e. The third-order valence-corrected chi connectivity index (χ3v) is 3.95. The summed E-state index contributed by atoms with van der Waals surface area (Å²) in [5.74, 6) is 0.000748. The van der Waals surface area contributed by atoms with E-state index in [0.717, 1.165) is 12.8 Å². The molecule has 1 aliphatic rings. The van der Waals surface area contributed by atoms with Crippen molar-refractivity contribution in [2.24, 2.45) is 0 Å². The fourth-order valence-corrected chi connectivity index (χ4v) is 2.83. The van der Waals surface area contributed by atoms with Gasteiger partial charge in [0.25, 0.3) is 0 Å². The topological polar surface area (TPSA) is 49.4 Å². The van der Waals surface area contributed by atoms with Crippen LogP contribution in [0.3, 0.4) is 0 Å². The van der Waals surface area contributed by atoms with Crippen molar-refractivity contribution in [2.45, 2.75) is 52.1 Å². The van der Waals surface area contributed by atoms with Gasteiger partial charge in [0.05, 0.1) is 0 Å². The molecule has 2 amide bonds. The molecule has 0 spiro atoms. The van der Waals surface area contributed by atoms with Crippen LogP contribution in [0.1, 0.15) is 50.4 Å². The molecule has 2 rings (SSSR count). The molecular formula is C16H22N2O2. The van der Waals surface area contributed by atoms with Crippen molar-refractivity contribution in [3.8, 4) is 0 Å². The van der Waals surface area contributed by atoms with Gasteiger partial charge in [-0.2, -0.15) is 0 Å². The number of rotatable bonds is 2. The van der Waals surface area contributed by atoms with Gasteiger partial charge in [0.1, 0.15) is 0 Å². The highest BCUT2D eigenvalue weighted by atomic mass is 16.2. The monoisotopic (exact) mass is 274 g/mol. The first-order valence-corrected chi connectivity index (χ1v) is 7.19. The molecular weight excluding hydrogens is 252 g/mol. The van der Waals surface area contributed by atoms with Gasteiger partial charge in [-0.1, -0.05) is 12.1 Å². The molecule has 0 saturated carbocycles. The third-order valence-electron chi connectivity index (χ3n) is 3.95. The molecule has 1 fully saturated rings. The van der Waals surface area contributed by atoms with Crippen molar-refractivity contribution in [3.63, 3.8) is 0 Å². The Morgan fingerprint density at radius 2 is 1.85 bits per heavy atom. The van der Waals surface area contributed by atoms with Crippen LogP contribution in [-0.2, 0) is 0 Å². The molecule has 4 nitrogen and oxygen atoms in total. The lowest BCUT2D eigenvalue weighted by atomic mass is 9.98. The molecule has 1 saturated heterocycles. The number of nitrogens with zero attached hydrogens (tertiary/aromatic N) is 1. The third kappa shape index (κ3) is 3.18. The maximum absolute atomic E-state index is 12.4. The fraction of sp³-hybridized carbons (Fsp3) is 0.500. The summed E-state index contributed by atoms with van der Waals surface area (Å²) in [6.45, 7) is 5.69. The lowest BCUT2D eigenvalue weighted by Crippen LogP contribution is -2.49. The van der Waals surface area contributed by atoms with E-state index >= 15 is 0 Å². The first-order chi connectivity index (χ1) is 9.49. The summed E-state index contributed by atoms with van der Waals surface area (Å²) in [4.78, 5) is 25.7. The number of amides is 2. The van der Waals surface area contributed by atoms with E-state index in [4.69, 9.17) is 0 Å². The number of ketones is 1. The highest BCUT2D eigenvalue weighted by Crippen LogP contribution is 2.23. The van der Waals surface area contributed by atoms with Gasteiger partial charge >= 0.3 is 6.03 Å². The highest BCUT2D eigenvalue weighted by Gasteiger charge is 2.28. The molecule has 1 N–H and O–H groups in total. The van der Waals surface area contributed by atoms with Crippen LogP contribution in [-0.4, -0.2) is 28.8 Å². The number of likely N-dealkylation sites (tertiary alicyclic amines) is 1. The summed E-state index contributed by atoms with van der Waals surface area (Å²) in [7, 11) is 0. The van der Waals surface area contributed by atoms with Gasteiger partial charge in [-0.15, -0.1) is 0 Å². The summed E-state index contributed by atoms with van der Waals surface area (Å²) >= 11 is 0. The molecule has 1 aromatic rings. The van der Waals surface area contributed by atoms with Crippen molar-refractivity contribution >= 4 is 17.5 Å². The zero-order valence-corrected chi connectivity index (χ0v) is 12.3. The smallest absolute Gasteiger partial charge is 0.319 e. The SMILES string of the molecule is CC(=O)c1cccc(NC(=O)N2C(C)CCCC2C)c1. The number of hydrogen-bond acceptors (Lipinski definition) is 2. The second kappa shape index (κ2) is 6.07. The van der Waals surface area contributed by atoms with Crippen LogP contribution in [0.15, 0.2) is 24.3 Å². The van der Waals surface area contributed by atoms with Crippen molar-refractivity contribution in [3.05, 3.63) is 29.8 Å². The predicted molar refractivity (Wildman–Crippen MR) is 80.1 cm³/mol. The van der Waals surface area contributed by atoms with E-state index in [1.807, 2.05) is 11.0 Å². The van der Waals surface area contributed by atoms with Gasteiger partial charge in [0, 0.05) is 23.3 Å². The number of urea groups is 1. The Morgan fingerprint density at radius 3 is 2.45 bits per heavy atom. The second-order valence-corrected chi connectivity index (χ2v) is 5.60. The van der Waals surface area contributed by atoms with Crippen LogP contribution >= 0.6 is 0 Å². The molecule has 0 bridgehead atoms. The van der Waals surface area contributed by atoms with Gasteiger partial charge in [0.15, 0.2) is 5.78 Å². The van der Waals surface area contributed by atoms with Crippen LogP contribution in [0.25, 0.3) is 0 Å². The summed E-state index contributed by atoms with van der Waals surface area (Å²) in [5, 5.41) is 2.90. The number of hydrogen-bond donors (Lipinski definition) is 1. The van der Waals surface area contributed by atoms with E-state index in [1.54, 1.807) is 18.2 Å². The Labute approximate surface area is 120 Å². The lowest BCUT2D eigenvalue weighted by Gasteiger charge is -2.38. The summed E-state index contributed by atoms with van der Waals surface area (Å²) in [6.07, 6.45) is 3.27. The van der Waals surface area contributed by atoms with E-state index in [9.17, 15) is 9.59 Å². The number of benzene rings is 1. The van der Waals surface area contributed by atoms with Gasteiger partial charge in [-0.3, -0.25) is 4.79 Å². The predicted octanol–water partition coefficient (Wildman–Crippen LogP) is 3.68.